The summed E-state index contributed by atoms with van der Waals surface area (Å²) in [5.41, 5.74) is 3.48. The van der Waals surface area contributed by atoms with Crippen molar-refractivity contribution in [1.29, 1.82) is 0 Å². The van der Waals surface area contributed by atoms with E-state index in [9.17, 15) is 9.59 Å². The molecule has 3 aromatic rings. The van der Waals surface area contributed by atoms with E-state index in [1.807, 2.05) is 34.5 Å². The number of fused-ring (bicyclic) bond motifs is 1. The first-order valence-corrected chi connectivity index (χ1v) is 9.38. The first-order chi connectivity index (χ1) is 12.6. The summed E-state index contributed by atoms with van der Waals surface area (Å²) >= 11 is 1.40. The van der Waals surface area contributed by atoms with Crippen molar-refractivity contribution in [2.24, 2.45) is 0 Å². The Morgan fingerprint density at radius 1 is 1.04 bits per heavy atom. The van der Waals surface area contributed by atoms with Crippen molar-refractivity contribution in [3.8, 4) is 0 Å². The minimum absolute atomic E-state index is 0.0152. The molecule has 0 aliphatic carbocycles. The van der Waals surface area contributed by atoms with Crippen molar-refractivity contribution < 1.29 is 9.59 Å². The molecule has 5 heteroatoms. The molecule has 1 aliphatic rings. The molecule has 0 saturated heterocycles. The van der Waals surface area contributed by atoms with Crippen LogP contribution < -0.4 is 10.2 Å². The number of rotatable bonds is 3. The Kier molecular flexibility index (Phi) is 4.31. The molecule has 2 heterocycles. The smallest absolute Gasteiger partial charge is 0.265 e. The summed E-state index contributed by atoms with van der Waals surface area (Å²) in [6, 6.07) is 18.9. The van der Waals surface area contributed by atoms with Gasteiger partial charge in [0.1, 0.15) is 0 Å². The zero-order chi connectivity index (χ0) is 18.1. The molecule has 0 spiro atoms. The number of benzene rings is 2. The van der Waals surface area contributed by atoms with Crippen molar-refractivity contribution in [3.63, 3.8) is 0 Å². The maximum Gasteiger partial charge on any atom is 0.265 e. The molecular weight excluding hydrogens is 344 g/mol. The van der Waals surface area contributed by atoms with E-state index in [1.54, 1.807) is 30.3 Å². The lowest BCUT2D eigenvalue weighted by Gasteiger charge is -2.23. The lowest BCUT2D eigenvalue weighted by atomic mass is 10.1. The average molecular weight is 362 g/mol. The van der Waals surface area contributed by atoms with E-state index >= 15 is 0 Å². The Morgan fingerprint density at radius 3 is 2.54 bits per heavy atom. The highest BCUT2D eigenvalue weighted by molar-refractivity contribution is 7.12. The van der Waals surface area contributed by atoms with Crippen LogP contribution in [-0.2, 0) is 6.42 Å². The predicted octanol–water partition coefficient (Wildman–Crippen LogP) is 4.59. The van der Waals surface area contributed by atoms with E-state index < -0.39 is 0 Å². The van der Waals surface area contributed by atoms with Gasteiger partial charge < -0.3 is 10.2 Å². The van der Waals surface area contributed by atoms with Gasteiger partial charge in [0.15, 0.2) is 0 Å². The summed E-state index contributed by atoms with van der Waals surface area (Å²) in [4.78, 5) is 27.6. The Hall–Kier alpha value is -2.92. The van der Waals surface area contributed by atoms with Crippen LogP contribution in [0.1, 0.15) is 32.5 Å². The number of para-hydroxylation sites is 1. The highest BCUT2D eigenvalue weighted by atomic mass is 32.1. The zero-order valence-electron chi connectivity index (χ0n) is 14.3. The predicted molar refractivity (Wildman–Crippen MR) is 105 cm³/mol. The second-order valence-electron chi connectivity index (χ2n) is 6.37. The van der Waals surface area contributed by atoms with E-state index in [-0.39, 0.29) is 17.9 Å². The Labute approximate surface area is 156 Å². The lowest BCUT2D eigenvalue weighted by molar-refractivity contribution is 0.0980. The molecular formula is C21H18N2O2S. The largest absolute Gasteiger partial charge is 0.321 e. The molecule has 0 fully saturated rings. The molecule has 4 rings (SSSR count). The fourth-order valence-electron chi connectivity index (χ4n) is 3.31. The molecule has 1 unspecified atom stereocenters. The third kappa shape index (κ3) is 3.02. The summed E-state index contributed by atoms with van der Waals surface area (Å²) in [5.74, 6) is -0.153. The van der Waals surface area contributed by atoms with Gasteiger partial charge in [-0.2, -0.15) is 0 Å². The minimum Gasteiger partial charge on any atom is -0.321 e. The first kappa shape index (κ1) is 16.5. The van der Waals surface area contributed by atoms with E-state index in [0.717, 1.165) is 12.1 Å². The van der Waals surface area contributed by atoms with Crippen molar-refractivity contribution in [2.75, 3.05) is 10.2 Å². The van der Waals surface area contributed by atoms with Gasteiger partial charge in [-0.1, -0.05) is 24.3 Å². The van der Waals surface area contributed by atoms with E-state index in [4.69, 9.17) is 0 Å². The Morgan fingerprint density at radius 2 is 1.81 bits per heavy atom. The second-order valence-corrected chi connectivity index (χ2v) is 7.31. The van der Waals surface area contributed by atoms with Crippen LogP contribution in [0.25, 0.3) is 0 Å². The van der Waals surface area contributed by atoms with Gasteiger partial charge in [0.2, 0.25) is 0 Å². The molecule has 1 aromatic heterocycles. The van der Waals surface area contributed by atoms with Crippen molar-refractivity contribution in [2.45, 2.75) is 19.4 Å². The molecule has 1 aliphatic heterocycles. The van der Waals surface area contributed by atoms with Gasteiger partial charge in [-0.05, 0) is 60.7 Å². The number of nitrogens with one attached hydrogen (secondary N) is 1. The molecule has 130 valence electrons. The number of anilines is 2. The zero-order valence-corrected chi connectivity index (χ0v) is 15.1. The number of hydrogen-bond acceptors (Lipinski definition) is 3. The molecule has 1 N–H and O–H groups in total. The minimum atomic E-state index is -0.138. The van der Waals surface area contributed by atoms with Crippen molar-refractivity contribution >= 4 is 34.5 Å². The second kappa shape index (κ2) is 6.77. The van der Waals surface area contributed by atoms with Crippen LogP contribution in [-0.4, -0.2) is 17.9 Å². The Bertz CT molecular complexity index is 948. The third-order valence-electron chi connectivity index (χ3n) is 4.56. The summed E-state index contributed by atoms with van der Waals surface area (Å²) in [6.45, 7) is 2.06. The van der Waals surface area contributed by atoms with Gasteiger partial charge in [0.25, 0.3) is 11.8 Å². The summed E-state index contributed by atoms with van der Waals surface area (Å²) in [5, 5.41) is 4.72. The number of carbonyl (C=O) groups is 2. The first-order valence-electron chi connectivity index (χ1n) is 8.50. The average Bonchev–Trinajstić information content (AvgIpc) is 3.29. The van der Waals surface area contributed by atoms with Crippen molar-refractivity contribution in [3.05, 3.63) is 82.0 Å². The summed E-state index contributed by atoms with van der Waals surface area (Å²) < 4.78 is 0. The molecule has 1 atom stereocenters. The van der Waals surface area contributed by atoms with E-state index in [1.165, 1.54) is 16.9 Å². The van der Waals surface area contributed by atoms with Gasteiger partial charge in [-0.15, -0.1) is 11.3 Å². The maximum atomic E-state index is 13.0. The fourth-order valence-corrected chi connectivity index (χ4v) is 3.93. The van der Waals surface area contributed by atoms with Crippen LogP contribution in [0.3, 0.4) is 0 Å². The molecule has 0 radical (unpaired) electrons. The third-order valence-corrected chi connectivity index (χ3v) is 5.43. The number of carbonyl (C=O) groups excluding carboxylic acids is 2. The van der Waals surface area contributed by atoms with Gasteiger partial charge >= 0.3 is 0 Å². The summed E-state index contributed by atoms with van der Waals surface area (Å²) in [7, 11) is 0. The normalized spacial score (nSPS) is 15.6. The van der Waals surface area contributed by atoms with Crippen LogP contribution in [0, 0.1) is 0 Å². The number of nitrogens with zero attached hydrogens (tertiary/aromatic N) is 1. The Balaban J connectivity index is 1.52. The van der Waals surface area contributed by atoms with Crippen LogP contribution in [0.15, 0.2) is 66.0 Å². The fraction of sp³-hybridized carbons (Fsp3) is 0.143. The van der Waals surface area contributed by atoms with Crippen LogP contribution in [0.4, 0.5) is 11.4 Å². The van der Waals surface area contributed by atoms with E-state index in [0.29, 0.717) is 16.1 Å². The SMILES string of the molecule is CC1Cc2ccccc2N1C(=O)c1ccc(NC(=O)c2cccs2)cc1. The van der Waals surface area contributed by atoms with Crippen molar-refractivity contribution in [1.82, 2.24) is 0 Å². The molecule has 26 heavy (non-hydrogen) atoms. The highest BCUT2D eigenvalue weighted by Crippen LogP contribution is 2.33. The molecule has 4 nitrogen and oxygen atoms in total. The highest BCUT2D eigenvalue weighted by Gasteiger charge is 2.31. The van der Waals surface area contributed by atoms with E-state index in [2.05, 4.69) is 18.3 Å². The molecule has 2 aromatic carbocycles. The quantitative estimate of drug-likeness (QED) is 0.741. The number of thiophene rings is 1. The number of amides is 2. The summed E-state index contributed by atoms with van der Waals surface area (Å²) in [6.07, 6.45) is 0.872. The monoisotopic (exact) mass is 362 g/mol. The van der Waals surface area contributed by atoms with Crippen LogP contribution in [0.2, 0.25) is 0 Å². The van der Waals surface area contributed by atoms with Gasteiger partial charge in [-0.25, -0.2) is 0 Å². The standard InChI is InChI=1S/C21H18N2O2S/c1-14-13-16-5-2-3-6-18(16)23(14)21(25)15-8-10-17(11-9-15)22-20(24)19-7-4-12-26-19/h2-12,14H,13H2,1H3,(H,22,24). The van der Waals surface area contributed by atoms with Gasteiger partial charge in [0.05, 0.1) is 4.88 Å². The van der Waals surface area contributed by atoms with Gasteiger partial charge in [0, 0.05) is 23.0 Å². The molecule has 0 bridgehead atoms. The number of hydrogen-bond donors (Lipinski definition) is 1. The molecule has 0 saturated carbocycles. The van der Waals surface area contributed by atoms with Crippen LogP contribution in [0.5, 0.6) is 0 Å². The molecule has 2 amide bonds. The lowest BCUT2D eigenvalue weighted by Crippen LogP contribution is -2.35. The van der Waals surface area contributed by atoms with Crippen LogP contribution >= 0.6 is 11.3 Å². The van der Waals surface area contributed by atoms with Gasteiger partial charge in [-0.3, -0.25) is 9.59 Å². The maximum absolute atomic E-state index is 13.0. The topological polar surface area (TPSA) is 49.4 Å².